The van der Waals surface area contributed by atoms with Crippen molar-refractivity contribution in [1.82, 2.24) is 9.13 Å². The van der Waals surface area contributed by atoms with Gasteiger partial charge in [-0.3, -0.25) is 0 Å². The average Bonchev–Trinajstić information content (AvgIpc) is 2.62. The molecule has 2 heterocycles. The van der Waals surface area contributed by atoms with Gasteiger partial charge in [0.15, 0.2) is 0 Å². The predicted molar refractivity (Wildman–Crippen MR) is 46.6 cm³/mol. The fraction of sp³-hybridized carbons (Fsp3) is 0.333. The van der Waals surface area contributed by atoms with E-state index in [2.05, 4.69) is 34.2 Å². The Morgan fingerprint density at radius 2 is 1.27 bits per heavy atom. The lowest BCUT2D eigenvalue weighted by Crippen LogP contribution is -3.00. The van der Waals surface area contributed by atoms with Crippen LogP contribution in [0.3, 0.4) is 0 Å². The lowest BCUT2D eigenvalue weighted by molar-refractivity contribution is -0.671. The normalized spacial score (nSPS) is 9.20. The van der Waals surface area contributed by atoms with E-state index in [0.717, 1.165) is 6.67 Å². The molecule has 0 unspecified atom stereocenters. The molecule has 0 fully saturated rings. The van der Waals surface area contributed by atoms with Crippen molar-refractivity contribution in [2.24, 2.45) is 14.1 Å². The van der Waals surface area contributed by atoms with Gasteiger partial charge in [0.1, 0.15) is 24.8 Å². The zero-order chi connectivity index (χ0) is 9.26. The molecule has 0 aliphatic heterocycles. The molecular weight excluding hydrogens is 324 g/mol. The number of halogens is 2. The minimum absolute atomic E-state index is 0. The van der Waals surface area contributed by atoms with Crippen LogP contribution in [-0.4, -0.2) is 9.13 Å². The number of hydrogen-bond donors (Lipinski definition) is 0. The summed E-state index contributed by atoms with van der Waals surface area (Å²) in [5, 5.41) is 0. The second-order valence-electron chi connectivity index (χ2n) is 3.33. The van der Waals surface area contributed by atoms with E-state index in [1.807, 2.05) is 35.6 Å². The van der Waals surface area contributed by atoms with Crippen LogP contribution in [0.2, 0.25) is 0 Å². The molecule has 2 aromatic heterocycles. The van der Waals surface area contributed by atoms with Crippen LogP contribution in [0.1, 0.15) is 0 Å². The van der Waals surface area contributed by atoms with Crippen LogP contribution in [0.15, 0.2) is 37.4 Å². The van der Waals surface area contributed by atoms with E-state index >= 15 is 0 Å². The number of aryl methyl sites for hydroxylation is 2. The molecule has 0 N–H and O–H groups in total. The summed E-state index contributed by atoms with van der Waals surface area (Å²) in [6.07, 6.45) is 12.3. The second-order valence-corrected chi connectivity index (χ2v) is 3.33. The van der Waals surface area contributed by atoms with E-state index in [4.69, 9.17) is 0 Å². The number of imidazole rings is 2. The zero-order valence-electron chi connectivity index (χ0n) is 8.72. The molecule has 84 valence electrons. The number of hydrogen-bond acceptors (Lipinski definition) is 0. The van der Waals surface area contributed by atoms with Crippen LogP contribution < -0.4 is 43.1 Å². The van der Waals surface area contributed by atoms with E-state index in [9.17, 15) is 0 Å². The van der Waals surface area contributed by atoms with Crippen molar-refractivity contribution in [3.63, 3.8) is 0 Å². The van der Waals surface area contributed by atoms with Gasteiger partial charge >= 0.3 is 0 Å². The molecule has 0 atom stereocenters. The van der Waals surface area contributed by atoms with Gasteiger partial charge in [0, 0.05) is 0 Å². The van der Waals surface area contributed by atoms with E-state index in [1.165, 1.54) is 0 Å². The van der Waals surface area contributed by atoms with Crippen LogP contribution >= 0.6 is 0 Å². The monoisotopic (exact) mass is 336 g/mol. The third-order valence-electron chi connectivity index (χ3n) is 1.97. The molecule has 0 radical (unpaired) electrons. The van der Waals surface area contributed by atoms with Gasteiger partial charge in [-0.05, 0) is 0 Å². The van der Waals surface area contributed by atoms with Crippen molar-refractivity contribution < 1.29 is 43.1 Å². The molecule has 0 amide bonds. The molecule has 0 aliphatic carbocycles. The predicted octanol–water partition coefficient (Wildman–Crippen LogP) is -6.55. The number of rotatable bonds is 2. The van der Waals surface area contributed by atoms with Crippen molar-refractivity contribution >= 4 is 0 Å². The van der Waals surface area contributed by atoms with Crippen molar-refractivity contribution in [3.05, 3.63) is 37.4 Å². The lowest BCUT2D eigenvalue weighted by atomic mass is 10.8. The molecule has 2 aromatic rings. The Morgan fingerprint density at radius 3 is 1.53 bits per heavy atom. The molecule has 0 spiro atoms. The van der Waals surface area contributed by atoms with Crippen LogP contribution in [0.25, 0.3) is 0 Å². The summed E-state index contributed by atoms with van der Waals surface area (Å²) in [5.41, 5.74) is 0. The molecule has 0 aromatic carbocycles. The molecule has 0 bridgehead atoms. The Labute approximate surface area is 110 Å². The minimum atomic E-state index is 0. The SMILES string of the molecule is C[n+]1ccn(Cn2cc[n+](C)c2)c1.[Br-].[Br-]. The zero-order valence-corrected chi connectivity index (χ0v) is 11.9. The summed E-state index contributed by atoms with van der Waals surface area (Å²) >= 11 is 0. The fourth-order valence-corrected chi connectivity index (χ4v) is 1.36. The third-order valence-corrected chi connectivity index (χ3v) is 1.97. The molecule has 6 heteroatoms. The topological polar surface area (TPSA) is 17.6 Å². The van der Waals surface area contributed by atoms with Crippen LogP contribution in [0.4, 0.5) is 0 Å². The molecule has 2 rings (SSSR count). The van der Waals surface area contributed by atoms with Crippen molar-refractivity contribution in [1.29, 1.82) is 0 Å². The van der Waals surface area contributed by atoms with E-state index in [1.54, 1.807) is 0 Å². The van der Waals surface area contributed by atoms with Crippen molar-refractivity contribution in [2.75, 3.05) is 0 Å². The Morgan fingerprint density at radius 1 is 0.867 bits per heavy atom. The van der Waals surface area contributed by atoms with Gasteiger partial charge in [0.25, 0.3) is 0 Å². The highest BCUT2D eigenvalue weighted by Crippen LogP contribution is 1.87. The smallest absolute Gasteiger partial charge is 0.246 e. The van der Waals surface area contributed by atoms with Crippen LogP contribution in [0.5, 0.6) is 0 Å². The molecule has 0 saturated carbocycles. The van der Waals surface area contributed by atoms with Gasteiger partial charge in [-0.2, -0.15) is 9.13 Å². The summed E-state index contributed by atoms with van der Waals surface area (Å²) in [6, 6.07) is 0. The molecule has 0 aliphatic rings. The maximum Gasteiger partial charge on any atom is 0.246 e. The van der Waals surface area contributed by atoms with Gasteiger partial charge in [0.2, 0.25) is 19.3 Å². The highest BCUT2D eigenvalue weighted by molar-refractivity contribution is 4.71. The molecule has 4 nitrogen and oxygen atoms in total. The summed E-state index contributed by atoms with van der Waals surface area (Å²) in [6.45, 7) is 0.863. The maximum atomic E-state index is 2.12. The first-order chi connectivity index (χ1) is 6.24. The highest BCUT2D eigenvalue weighted by atomic mass is 79.9. The number of aromatic nitrogens is 4. The standard InChI is InChI=1S/C9H14N4.2BrH/c1-10-3-5-12(7-10)9-13-6-4-11(2)8-13;;/h3-8H,9H2,1-2H3;2*1H/q+2;;/p-2. The Hall–Kier alpha value is -0.620. The Bertz CT molecular complexity index is 369. The second kappa shape index (κ2) is 6.07. The van der Waals surface area contributed by atoms with Crippen LogP contribution in [-0.2, 0) is 20.8 Å². The highest BCUT2D eigenvalue weighted by Gasteiger charge is 2.04. The summed E-state index contributed by atoms with van der Waals surface area (Å²) in [7, 11) is 4.04. The van der Waals surface area contributed by atoms with E-state index < -0.39 is 0 Å². The van der Waals surface area contributed by atoms with E-state index in [-0.39, 0.29) is 34.0 Å². The van der Waals surface area contributed by atoms with Crippen molar-refractivity contribution in [3.8, 4) is 0 Å². The lowest BCUT2D eigenvalue weighted by Gasteiger charge is -1.89. The van der Waals surface area contributed by atoms with E-state index in [0.29, 0.717) is 0 Å². The first kappa shape index (κ1) is 14.4. The van der Waals surface area contributed by atoms with Gasteiger partial charge in [-0.25, -0.2) is 9.13 Å². The number of nitrogens with zero attached hydrogens (tertiary/aromatic N) is 4. The molecular formula is C9H14Br2N4. The molecule has 15 heavy (non-hydrogen) atoms. The summed E-state index contributed by atoms with van der Waals surface area (Å²) in [5.74, 6) is 0. The van der Waals surface area contributed by atoms with Gasteiger partial charge in [-0.1, -0.05) is 0 Å². The van der Waals surface area contributed by atoms with Gasteiger partial charge in [-0.15, -0.1) is 0 Å². The minimum Gasteiger partial charge on any atom is -1.00 e. The Balaban J connectivity index is 0.000000980. The maximum absolute atomic E-state index is 2.12. The quantitative estimate of drug-likeness (QED) is 0.485. The average molecular weight is 338 g/mol. The Kier molecular flexibility index (Phi) is 5.82. The van der Waals surface area contributed by atoms with Gasteiger partial charge < -0.3 is 34.0 Å². The van der Waals surface area contributed by atoms with Crippen molar-refractivity contribution in [2.45, 2.75) is 6.67 Å². The first-order valence-electron chi connectivity index (χ1n) is 4.26. The molecule has 0 saturated heterocycles. The van der Waals surface area contributed by atoms with Gasteiger partial charge in [0.05, 0.1) is 14.1 Å². The summed E-state index contributed by atoms with van der Waals surface area (Å²) in [4.78, 5) is 0. The largest absolute Gasteiger partial charge is 1.00 e. The third kappa shape index (κ3) is 3.79. The summed E-state index contributed by atoms with van der Waals surface area (Å²) < 4.78 is 8.31. The first-order valence-corrected chi connectivity index (χ1v) is 4.26. The fourth-order valence-electron chi connectivity index (χ4n) is 1.36. The van der Waals surface area contributed by atoms with Crippen LogP contribution in [0, 0.1) is 0 Å².